The molecule has 0 fully saturated rings. The van der Waals surface area contributed by atoms with Crippen molar-refractivity contribution in [2.75, 3.05) is 17.6 Å². The number of hydrogen-bond donors (Lipinski definition) is 0. The number of nitrogens with zero attached hydrogens (tertiary/aromatic N) is 3. The molecule has 0 saturated carbocycles. The van der Waals surface area contributed by atoms with Gasteiger partial charge in [0.25, 0.3) is 5.69 Å². The Morgan fingerprint density at radius 2 is 1.88 bits per heavy atom. The fourth-order valence-corrected chi connectivity index (χ4v) is 2.78. The molecule has 0 aliphatic heterocycles. The van der Waals surface area contributed by atoms with Crippen LogP contribution in [0.5, 0.6) is 11.5 Å². The molecule has 0 amide bonds. The van der Waals surface area contributed by atoms with Crippen LogP contribution < -0.4 is 9.04 Å². The van der Waals surface area contributed by atoms with Crippen molar-refractivity contribution in [2.24, 2.45) is 0 Å². The van der Waals surface area contributed by atoms with Crippen molar-refractivity contribution in [3.63, 3.8) is 0 Å². The summed E-state index contributed by atoms with van der Waals surface area (Å²) in [5, 5.41) is 21.6. The van der Waals surface area contributed by atoms with E-state index in [9.17, 15) is 18.5 Å². The predicted molar refractivity (Wildman–Crippen MR) is 94.3 cm³/mol. The number of nitriles is 1. The van der Waals surface area contributed by atoms with Crippen LogP contribution in [0.4, 0.5) is 11.4 Å². The van der Waals surface area contributed by atoms with Crippen LogP contribution in [0.15, 0.2) is 47.4 Å². The van der Waals surface area contributed by atoms with Crippen LogP contribution >= 0.6 is 11.8 Å². The van der Waals surface area contributed by atoms with E-state index in [1.807, 2.05) is 5.40 Å². The number of sulfonamides is 1. The van der Waals surface area contributed by atoms with Gasteiger partial charge in [-0.15, -0.1) is 0 Å². The monoisotopic (exact) mass is 379 g/mol. The van der Waals surface area contributed by atoms with Crippen LogP contribution in [0.2, 0.25) is 0 Å². The molecule has 0 unspecified atom stereocenters. The molecular formula is C15H13N3O5S2. The topological polar surface area (TPSA) is 114 Å². The van der Waals surface area contributed by atoms with Gasteiger partial charge in [-0.3, -0.25) is 14.4 Å². The highest BCUT2D eigenvalue weighted by Gasteiger charge is 2.20. The lowest BCUT2D eigenvalue weighted by Gasteiger charge is -2.20. The van der Waals surface area contributed by atoms with Gasteiger partial charge < -0.3 is 4.74 Å². The van der Waals surface area contributed by atoms with Crippen molar-refractivity contribution in [1.29, 1.82) is 5.26 Å². The van der Waals surface area contributed by atoms with Gasteiger partial charge in [0.05, 0.1) is 22.9 Å². The second kappa shape index (κ2) is 7.42. The number of thioether (sulfide) groups is 1. The maximum atomic E-state index is 11.8. The quantitative estimate of drug-likeness (QED) is 0.327. The highest BCUT2D eigenvalue weighted by molar-refractivity contribution is 8.03. The fraction of sp³-hybridized carbons (Fsp3) is 0.133. The van der Waals surface area contributed by atoms with Crippen molar-refractivity contribution >= 4 is 33.2 Å². The first-order chi connectivity index (χ1) is 11.7. The lowest BCUT2D eigenvalue weighted by Crippen LogP contribution is -2.25. The third-order valence-electron chi connectivity index (χ3n) is 3.21. The Hall–Kier alpha value is -2.77. The van der Waals surface area contributed by atoms with E-state index >= 15 is 0 Å². The summed E-state index contributed by atoms with van der Waals surface area (Å²) < 4.78 is 30.2. The van der Waals surface area contributed by atoms with Gasteiger partial charge in [-0.2, -0.15) is 5.26 Å². The van der Waals surface area contributed by atoms with E-state index in [1.165, 1.54) is 19.2 Å². The summed E-state index contributed by atoms with van der Waals surface area (Å²) >= 11 is 0.981. The molecule has 0 saturated heterocycles. The van der Waals surface area contributed by atoms with Crippen LogP contribution in [0.1, 0.15) is 0 Å². The highest BCUT2D eigenvalue weighted by atomic mass is 32.2. The lowest BCUT2D eigenvalue weighted by molar-refractivity contribution is -0.384. The van der Waals surface area contributed by atoms with Gasteiger partial charge in [0.2, 0.25) is 10.0 Å². The summed E-state index contributed by atoms with van der Waals surface area (Å²) in [6.45, 7) is 0. The Balaban J connectivity index is 2.44. The minimum absolute atomic E-state index is 0.0304. The van der Waals surface area contributed by atoms with Crippen LogP contribution in [-0.2, 0) is 10.0 Å². The molecule has 25 heavy (non-hydrogen) atoms. The first-order valence-corrected chi connectivity index (χ1v) is 9.45. The number of nitro groups is 1. The Morgan fingerprint density at radius 1 is 1.24 bits per heavy atom. The smallest absolute Gasteiger partial charge is 0.273 e. The maximum absolute atomic E-state index is 11.8. The van der Waals surface area contributed by atoms with E-state index in [-0.39, 0.29) is 17.1 Å². The Morgan fingerprint density at radius 3 is 2.40 bits per heavy atom. The Labute approximate surface area is 148 Å². The lowest BCUT2D eigenvalue weighted by atomic mass is 10.2. The number of ether oxygens (including phenoxy) is 1. The molecular weight excluding hydrogens is 366 g/mol. The predicted octanol–water partition coefficient (Wildman–Crippen LogP) is 3.36. The molecule has 10 heteroatoms. The summed E-state index contributed by atoms with van der Waals surface area (Å²) in [6, 6.07) is 10.2. The zero-order valence-corrected chi connectivity index (χ0v) is 14.9. The molecule has 0 atom stereocenters. The minimum atomic E-state index is -3.57. The molecule has 0 radical (unpaired) electrons. The minimum Gasteiger partial charge on any atom is -0.455 e. The number of anilines is 1. The average Bonchev–Trinajstić information content (AvgIpc) is 2.55. The van der Waals surface area contributed by atoms with E-state index in [0.29, 0.717) is 10.6 Å². The van der Waals surface area contributed by atoms with Gasteiger partial charge in [0, 0.05) is 18.0 Å². The van der Waals surface area contributed by atoms with Crippen LogP contribution in [0, 0.1) is 20.8 Å². The highest BCUT2D eigenvalue weighted by Crippen LogP contribution is 2.36. The van der Waals surface area contributed by atoms with E-state index in [4.69, 9.17) is 10.00 Å². The first kappa shape index (κ1) is 18.6. The molecule has 130 valence electrons. The number of benzene rings is 2. The largest absolute Gasteiger partial charge is 0.455 e. The molecule has 0 bridgehead atoms. The molecule has 8 nitrogen and oxygen atoms in total. The summed E-state index contributed by atoms with van der Waals surface area (Å²) in [7, 11) is -2.24. The molecule has 0 spiro atoms. The molecule has 2 rings (SSSR count). The second-order valence-electron chi connectivity index (χ2n) is 4.91. The molecule has 2 aromatic carbocycles. The van der Waals surface area contributed by atoms with Crippen molar-refractivity contribution in [1.82, 2.24) is 0 Å². The van der Waals surface area contributed by atoms with Gasteiger partial charge in [0.1, 0.15) is 11.2 Å². The second-order valence-corrected chi connectivity index (χ2v) is 7.78. The summed E-state index contributed by atoms with van der Waals surface area (Å²) in [4.78, 5) is 11.1. The van der Waals surface area contributed by atoms with Gasteiger partial charge >= 0.3 is 0 Å². The first-order valence-electron chi connectivity index (χ1n) is 6.78. The Kier molecular flexibility index (Phi) is 5.51. The van der Waals surface area contributed by atoms with Crippen molar-refractivity contribution in [3.8, 4) is 16.9 Å². The molecule has 2 aromatic rings. The van der Waals surface area contributed by atoms with Gasteiger partial charge in [-0.25, -0.2) is 8.42 Å². The number of non-ortho nitro benzene ring substituents is 1. The van der Waals surface area contributed by atoms with E-state index in [2.05, 4.69) is 0 Å². The van der Waals surface area contributed by atoms with Crippen molar-refractivity contribution < 1.29 is 18.1 Å². The Bertz CT molecular complexity index is 937. The normalized spacial score (nSPS) is 10.8. The summed E-state index contributed by atoms with van der Waals surface area (Å²) in [5.74, 6) is 0.383. The van der Waals surface area contributed by atoms with Crippen molar-refractivity contribution in [3.05, 3.63) is 52.6 Å². The van der Waals surface area contributed by atoms with Crippen molar-refractivity contribution in [2.45, 2.75) is 4.90 Å². The third kappa shape index (κ3) is 4.62. The van der Waals surface area contributed by atoms with E-state index in [1.54, 1.807) is 24.3 Å². The SMILES string of the molecule is CN(c1ccc([N+](=O)[O-])cc1Oc1ccc(SC#N)cc1)S(C)(=O)=O. The number of thiocyanates is 1. The molecule has 0 heterocycles. The molecule has 0 aromatic heterocycles. The number of hydrogen-bond acceptors (Lipinski definition) is 7. The van der Waals surface area contributed by atoms with E-state index in [0.717, 1.165) is 28.4 Å². The van der Waals surface area contributed by atoms with E-state index < -0.39 is 14.9 Å². The average molecular weight is 379 g/mol. The van der Waals surface area contributed by atoms with Gasteiger partial charge in [0.15, 0.2) is 5.75 Å². The molecule has 0 aliphatic carbocycles. The molecule has 0 aliphatic rings. The summed E-state index contributed by atoms with van der Waals surface area (Å²) in [6.07, 6.45) is 1.02. The number of rotatable bonds is 6. The zero-order chi connectivity index (χ0) is 18.6. The van der Waals surface area contributed by atoms with Gasteiger partial charge in [-0.05, 0) is 42.1 Å². The van der Waals surface area contributed by atoms with Crippen LogP contribution in [0.25, 0.3) is 0 Å². The standard InChI is InChI=1S/C15H13N3O5S2/c1-17(25(2,21)22)14-8-3-11(18(19)20)9-15(14)23-12-4-6-13(7-5-12)24-10-16/h3-9H,1-2H3. The van der Waals surface area contributed by atoms with Gasteiger partial charge in [-0.1, -0.05) is 0 Å². The zero-order valence-electron chi connectivity index (χ0n) is 13.2. The fourth-order valence-electron chi connectivity index (χ4n) is 1.89. The summed E-state index contributed by atoms with van der Waals surface area (Å²) in [5.41, 5.74) is -0.0547. The number of nitro benzene ring substituents is 1. The third-order valence-corrected chi connectivity index (χ3v) is 5.00. The molecule has 0 N–H and O–H groups in total. The van der Waals surface area contributed by atoms with Crippen LogP contribution in [-0.4, -0.2) is 26.6 Å². The van der Waals surface area contributed by atoms with Crippen LogP contribution in [0.3, 0.4) is 0 Å². The maximum Gasteiger partial charge on any atom is 0.273 e.